The number of aromatic nitrogens is 2. The van der Waals surface area contributed by atoms with E-state index in [4.69, 9.17) is 9.47 Å². The fraction of sp³-hybridized carbons (Fsp3) is 0.250. The van der Waals surface area contributed by atoms with E-state index in [0.717, 1.165) is 15.3 Å². The Morgan fingerprint density at radius 2 is 1.62 bits per heavy atom. The molecule has 2 aromatic rings. The number of benzene rings is 1. The topological polar surface area (TPSA) is 129 Å². The first-order chi connectivity index (χ1) is 12.2. The van der Waals surface area contributed by atoms with Crippen molar-refractivity contribution in [2.75, 3.05) is 19.5 Å². The maximum atomic E-state index is 12.5. The van der Waals surface area contributed by atoms with Crippen molar-refractivity contribution in [3.63, 3.8) is 0 Å². The molecule has 0 saturated carbocycles. The van der Waals surface area contributed by atoms with Gasteiger partial charge >= 0.3 is 11.7 Å². The molecule has 0 radical (unpaired) electrons. The number of anilines is 1. The molecule has 0 unspecified atom stereocenters. The van der Waals surface area contributed by atoms with E-state index in [1.807, 2.05) is 0 Å². The minimum absolute atomic E-state index is 0.0870. The van der Waals surface area contributed by atoms with Gasteiger partial charge in [-0.1, -0.05) is 0 Å². The number of carboxylic acids is 1. The zero-order valence-corrected chi connectivity index (χ0v) is 14.5. The minimum atomic E-state index is -1.31. The second-order valence-corrected chi connectivity index (χ2v) is 5.31. The first-order valence-electron chi connectivity index (χ1n) is 7.28. The highest BCUT2D eigenvalue weighted by molar-refractivity contribution is 6.07. The van der Waals surface area contributed by atoms with Gasteiger partial charge in [0, 0.05) is 32.4 Å². The predicted octanol–water partition coefficient (Wildman–Crippen LogP) is 0.0517. The van der Waals surface area contributed by atoms with Crippen LogP contribution in [0.3, 0.4) is 0 Å². The Hall–Kier alpha value is -3.56. The van der Waals surface area contributed by atoms with Gasteiger partial charge in [0.15, 0.2) is 11.5 Å². The van der Waals surface area contributed by atoms with Crippen LogP contribution in [0, 0.1) is 0 Å². The lowest BCUT2D eigenvalue weighted by Gasteiger charge is -2.14. The van der Waals surface area contributed by atoms with Crippen LogP contribution in [0.1, 0.15) is 20.7 Å². The van der Waals surface area contributed by atoms with Crippen molar-refractivity contribution in [1.29, 1.82) is 0 Å². The third-order valence-corrected chi connectivity index (χ3v) is 3.69. The first-order valence-corrected chi connectivity index (χ1v) is 7.28. The van der Waals surface area contributed by atoms with Crippen molar-refractivity contribution in [2.45, 2.75) is 0 Å². The SMILES string of the molecule is COc1cc(NC(=O)c2cn(C)c(=O)n(C)c2=O)c(C(=O)O)cc1OC. The van der Waals surface area contributed by atoms with Crippen molar-refractivity contribution in [3.05, 3.63) is 50.3 Å². The summed E-state index contributed by atoms with van der Waals surface area (Å²) >= 11 is 0. The first kappa shape index (κ1) is 18.8. The molecule has 0 atom stereocenters. The van der Waals surface area contributed by atoms with E-state index in [9.17, 15) is 24.3 Å². The predicted molar refractivity (Wildman–Crippen MR) is 91.4 cm³/mol. The third kappa shape index (κ3) is 3.29. The van der Waals surface area contributed by atoms with Gasteiger partial charge in [0.25, 0.3) is 11.5 Å². The second-order valence-electron chi connectivity index (χ2n) is 5.31. The minimum Gasteiger partial charge on any atom is -0.493 e. The van der Waals surface area contributed by atoms with E-state index in [1.165, 1.54) is 40.4 Å². The number of nitrogens with zero attached hydrogens (tertiary/aromatic N) is 2. The highest BCUT2D eigenvalue weighted by atomic mass is 16.5. The Kier molecular flexibility index (Phi) is 5.15. The summed E-state index contributed by atoms with van der Waals surface area (Å²) in [5.74, 6) is -1.81. The molecule has 1 heterocycles. The Labute approximate surface area is 147 Å². The number of carbonyl (C=O) groups is 2. The van der Waals surface area contributed by atoms with E-state index in [0.29, 0.717) is 0 Å². The molecule has 1 aromatic heterocycles. The van der Waals surface area contributed by atoms with Crippen LogP contribution in [0.15, 0.2) is 27.9 Å². The molecule has 0 bridgehead atoms. The summed E-state index contributed by atoms with van der Waals surface area (Å²) in [6, 6.07) is 2.46. The lowest BCUT2D eigenvalue weighted by Crippen LogP contribution is -2.40. The number of hydrogen-bond donors (Lipinski definition) is 2. The molecule has 10 heteroatoms. The molecule has 0 saturated heterocycles. The van der Waals surface area contributed by atoms with Crippen molar-refractivity contribution >= 4 is 17.6 Å². The van der Waals surface area contributed by atoms with E-state index < -0.39 is 23.1 Å². The van der Waals surface area contributed by atoms with E-state index in [1.54, 1.807) is 0 Å². The molecular formula is C16H17N3O7. The number of ether oxygens (including phenoxy) is 2. The van der Waals surface area contributed by atoms with Crippen LogP contribution in [-0.4, -0.2) is 40.3 Å². The van der Waals surface area contributed by atoms with Gasteiger partial charge in [0.05, 0.1) is 25.5 Å². The number of carboxylic acid groups (broad SMARTS) is 1. The monoisotopic (exact) mass is 363 g/mol. The quantitative estimate of drug-likeness (QED) is 0.768. The van der Waals surface area contributed by atoms with Gasteiger partial charge in [-0.25, -0.2) is 9.59 Å². The molecule has 26 heavy (non-hydrogen) atoms. The fourth-order valence-corrected chi connectivity index (χ4v) is 2.31. The highest BCUT2D eigenvalue weighted by Crippen LogP contribution is 2.33. The van der Waals surface area contributed by atoms with Crippen molar-refractivity contribution in [2.24, 2.45) is 14.1 Å². The third-order valence-electron chi connectivity index (χ3n) is 3.69. The van der Waals surface area contributed by atoms with Crippen LogP contribution in [-0.2, 0) is 14.1 Å². The Balaban J connectivity index is 2.55. The van der Waals surface area contributed by atoms with Crippen LogP contribution < -0.4 is 26.0 Å². The van der Waals surface area contributed by atoms with Gasteiger partial charge in [-0.05, 0) is 0 Å². The number of methoxy groups -OCH3 is 2. The molecule has 0 fully saturated rings. The van der Waals surface area contributed by atoms with Gasteiger partial charge in [-0.15, -0.1) is 0 Å². The van der Waals surface area contributed by atoms with Crippen LogP contribution in [0.5, 0.6) is 11.5 Å². The molecule has 0 aliphatic carbocycles. The van der Waals surface area contributed by atoms with Gasteiger partial charge in [-0.3, -0.25) is 14.2 Å². The number of amides is 1. The van der Waals surface area contributed by atoms with E-state index in [-0.39, 0.29) is 28.3 Å². The highest BCUT2D eigenvalue weighted by Gasteiger charge is 2.21. The van der Waals surface area contributed by atoms with E-state index in [2.05, 4.69) is 5.32 Å². The standard InChI is InChI=1S/C16H17N3O7/c1-18-7-9(14(21)19(2)16(18)24)13(20)17-10-6-12(26-4)11(25-3)5-8(10)15(22)23/h5-7H,1-4H3,(H,17,20)(H,22,23). The summed E-state index contributed by atoms with van der Waals surface area (Å²) in [5, 5.41) is 11.7. The normalized spacial score (nSPS) is 10.3. The zero-order chi connectivity index (χ0) is 19.6. The summed E-state index contributed by atoms with van der Waals surface area (Å²) in [6.45, 7) is 0. The smallest absolute Gasteiger partial charge is 0.337 e. The lowest BCUT2D eigenvalue weighted by molar-refractivity contribution is 0.0697. The molecule has 1 amide bonds. The average molecular weight is 363 g/mol. The number of aromatic carboxylic acids is 1. The summed E-state index contributed by atoms with van der Waals surface area (Å²) in [7, 11) is 5.32. The maximum Gasteiger partial charge on any atom is 0.337 e. The van der Waals surface area contributed by atoms with Crippen LogP contribution >= 0.6 is 0 Å². The zero-order valence-electron chi connectivity index (χ0n) is 14.5. The largest absolute Gasteiger partial charge is 0.493 e. The molecule has 138 valence electrons. The molecule has 0 spiro atoms. The Bertz CT molecular complexity index is 1000. The van der Waals surface area contributed by atoms with Crippen LogP contribution in [0.25, 0.3) is 0 Å². The number of aryl methyl sites for hydroxylation is 1. The van der Waals surface area contributed by atoms with Crippen molar-refractivity contribution in [3.8, 4) is 11.5 Å². The Morgan fingerprint density at radius 1 is 1.04 bits per heavy atom. The van der Waals surface area contributed by atoms with Gasteiger partial charge in [0.2, 0.25) is 0 Å². The number of carbonyl (C=O) groups excluding carboxylic acids is 1. The molecule has 0 aliphatic heterocycles. The lowest BCUT2D eigenvalue weighted by atomic mass is 10.1. The number of nitrogens with one attached hydrogen (secondary N) is 1. The second kappa shape index (κ2) is 7.13. The summed E-state index contributed by atoms with van der Waals surface area (Å²) in [4.78, 5) is 47.8. The fourth-order valence-electron chi connectivity index (χ4n) is 2.31. The molecule has 10 nitrogen and oxygen atoms in total. The molecule has 1 aromatic carbocycles. The molecular weight excluding hydrogens is 346 g/mol. The average Bonchev–Trinajstić information content (AvgIpc) is 2.62. The van der Waals surface area contributed by atoms with Crippen molar-refractivity contribution < 1.29 is 24.2 Å². The van der Waals surface area contributed by atoms with Gasteiger partial charge in [-0.2, -0.15) is 0 Å². The number of rotatable bonds is 5. The van der Waals surface area contributed by atoms with E-state index >= 15 is 0 Å². The summed E-state index contributed by atoms with van der Waals surface area (Å²) in [6.07, 6.45) is 1.08. The Morgan fingerprint density at radius 3 is 2.15 bits per heavy atom. The van der Waals surface area contributed by atoms with Crippen LogP contribution in [0.4, 0.5) is 5.69 Å². The molecule has 0 aliphatic rings. The number of hydrogen-bond acceptors (Lipinski definition) is 6. The van der Waals surface area contributed by atoms with Gasteiger partial charge in [0.1, 0.15) is 5.56 Å². The van der Waals surface area contributed by atoms with Gasteiger partial charge < -0.3 is 24.5 Å². The van der Waals surface area contributed by atoms with Crippen molar-refractivity contribution in [1.82, 2.24) is 9.13 Å². The molecule has 2 rings (SSSR count). The summed E-state index contributed by atoms with van der Waals surface area (Å²) in [5.41, 5.74) is -2.05. The molecule has 2 N–H and O–H groups in total. The summed E-state index contributed by atoms with van der Waals surface area (Å²) < 4.78 is 12.0. The maximum absolute atomic E-state index is 12.5. The van der Waals surface area contributed by atoms with Crippen LogP contribution in [0.2, 0.25) is 0 Å².